The molecule has 3 aromatic rings. The van der Waals surface area contributed by atoms with E-state index >= 15 is 0 Å². The van der Waals surface area contributed by atoms with Crippen LogP contribution in [0.4, 0.5) is 5.95 Å². The highest BCUT2D eigenvalue weighted by atomic mass is 16.1. The van der Waals surface area contributed by atoms with Crippen LogP contribution in [0, 0.1) is 0 Å². The molecule has 0 radical (unpaired) electrons. The van der Waals surface area contributed by atoms with Crippen LogP contribution in [0.3, 0.4) is 0 Å². The van der Waals surface area contributed by atoms with E-state index in [2.05, 4.69) is 17.2 Å². The van der Waals surface area contributed by atoms with Crippen LogP contribution in [0.5, 0.6) is 0 Å². The molecule has 0 aliphatic heterocycles. The van der Waals surface area contributed by atoms with Gasteiger partial charge in [0, 0.05) is 19.1 Å². The first kappa shape index (κ1) is 19.6. The monoisotopic (exact) mass is 394 g/mol. The summed E-state index contributed by atoms with van der Waals surface area (Å²) in [7, 11) is 0. The number of unbranched alkanes of at least 4 members (excludes halogenated alkanes) is 1. The summed E-state index contributed by atoms with van der Waals surface area (Å²) in [5, 5.41) is 3.28. The summed E-state index contributed by atoms with van der Waals surface area (Å²) >= 11 is 0. The van der Waals surface area contributed by atoms with E-state index in [1.807, 2.05) is 35.0 Å². The minimum absolute atomic E-state index is 0.00908. The van der Waals surface area contributed by atoms with E-state index in [1.54, 1.807) is 4.57 Å². The number of nitrogens with zero attached hydrogens (tertiary/aromatic N) is 4. The smallest absolute Gasteiger partial charge is 0.330 e. The third kappa shape index (κ3) is 4.05. The van der Waals surface area contributed by atoms with Crippen LogP contribution in [0.2, 0.25) is 0 Å². The lowest BCUT2D eigenvalue weighted by molar-refractivity contribution is 0.505. The normalized spacial score (nSPS) is 14.7. The summed E-state index contributed by atoms with van der Waals surface area (Å²) in [5.41, 5.74) is 9.41. The van der Waals surface area contributed by atoms with Crippen molar-refractivity contribution >= 4 is 17.1 Å². The van der Waals surface area contributed by atoms with E-state index in [4.69, 9.17) is 10.7 Å². The minimum Gasteiger partial charge on any atom is -0.354 e. The Kier molecular flexibility index (Phi) is 5.94. The number of nitrogens with two attached hydrogens (primary N) is 1. The fourth-order valence-corrected chi connectivity index (χ4v) is 4.14. The Balaban J connectivity index is 1.75. The highest BCUT2D eigenvalue weighted by Gasteiger charge is 2.24. The van der Waals surface area contributed by atoms with Crippen LogP contribution in [0.1, 0.15) is 62.6 Å². The first-order valence-corrected chi connectivity index (χ1v) is 10.7. The van der Waals surface area contributed by atoms with E-state index in [1.165, 1.54) is 12.8 Å². The summed E-state index contributed by atoms with van der Waals surface area (Å²) in [6, 6.07) is 8.35. The maximum Gasteiger partial charge on any atom is 0.330 e. The molecular formula is C22H30N6O. The highest BCUT2D eigenvalue weighted by molar-refractivity contribution is 5.72. The number of benzene rings is 1. The molecule has 154 valence electrons. The quantitative estimate of drug-likeness (QED) is 0.571. The molecule has 0 spiro atoms. The number of rotatable bonds is 8. The molecule has 0 atom stereocenters. The molecule has 1 aromatic carbocycles. The van der Waals surface area contributed by atoms with Crippen molar-refractivity contribution in [3.05, 3.63) is 52.1 Å². The van der Waals surface area contributed by atoms with Gasteiger partial charge >= 0.3 is 5.69 Å². The number of nitrogens with one attached hydrogen (secondary N) is 1. The van der Waals surface area contributed by atoms with Gasteiger partial charge in [-0.2, -0.15) is 4.98 Å². The molecule has 1 aliphatic carbocycles. The molecule has 3 N–H and O–H groups in total. The summed E-state index contributed by atoms with van der Waals surface area (Å²) in [6.07, 6.45) is 8.40. The summed E-state index contributed by atoms with van der Waals surface area (Å²) in [5.74, 6) is 0.585. The highest BCUT2D eigenvalue weighted by Crippen LogP contribution is 2.31. The number of anilines is 1. The van der Waals surface area contributed by atoms with Gasteiger partial charge < -0.3 is 11.1 Å². The van der Waals surface area contributed by atoms with Gasteiger partial charge in [0.15, 0.2) is 5.65 Å². The fraction of sp³-hybridized carbons (Fsp3) is 0.500. The molecule has 0 bridgehead atoms. The Bertz CT molecular complexity index is 1010. The second kappa shape index (κ2) is 8.78. The average Bonchev–Trinajstić information content (AvgIpc) is 3.36. The van der Waals surface area contributed by atoms with E-state index in [0.29, 0.717) is 24.7 Å². The molecule has 1 saturated carbocycles. The zero-order valence-electron chi connectivity index (χ0n) is 17.1. The van der Waals surface area contributed by atoms with Crippen molar-refractivity contribution in [3.63, 3.8) is 0 Å². The summed E-state index contributed by atoms with van der Waals surface area (Å²) in [4.78, 5) is 22.6. The minimum atomic E-state index is 0.00908. The van der Waals surface area contributed by atoms with Crippen molar-refractivity contribution in [1.29, 1.82) is 0 Å². The molecule has 7 heteroatoms. The van der Waals surface area contributed by atoms with Crippen molar-refractivity contribution < 1.29 is 0 Å². The molecule has 0 amide bonds. The van der Waals surface area contributed by atoms with Crippen molar-refractivity contribution in [2.24, 2.45) is 5.73 Å². The Morgan fingerprint density at radius 2 is 1.90 bits per heavy atom. The standard InChI is InChI=1S/C22H30N6O/c1-2-3-12-24-21-25-14-19-20(26-21)27(15-17-10-8-16(13-23)9-11-17)22(29)28(19)18-6-4-5-7-18/h8-11,14,18H,2-7,12-13,15,23H2,1H3,(H,24,25,26). The largest absolute Gasteiger partial charge is 0.354 e. The molecule has 4 rings (SSSR count). The van der Waals surface area contributed by atoms with Gasteiger partial charge in [-0.15, -0.1) is 0 Å². The van der Waals surface area contributed by atoms with Gasteiger partial charge in [0.25, 0.3) is 0 Å². The molecule has 1 aliphatic rings. The first-order chi connectivity index (χ1) is 14.2. The average molecular weight is 395 g/mol. The van der Waals surface area contributed by atoms with Gasteiger partial charge in [0.05, 0.1) is 12.7 Å². The topological polar surface area (TPSA) is 90.8 Å². The van der Waals surface area contributed by atoms with E-state index in [9.17, 15) is 4.79 Å². The maximum absolute atomic E-state index is 13.4. The number of hydrogen-bond donors (Lipinski definition) is 2. The third-order valence-electron chi connectivity index (χ3n) is 5.80. The van der Waals surface area contributed by atoms with Crippen LogP contribution in [0.15, 0.2) is 35.3 Å². The van der Waals surface area contributed by atoms with Crippen molar-refractivity contribution in [1.82, 2.24) is 19.1 Å². The Morgan fingerprint density at radius 1 is 1.17 bits per heavy atom. The lowest BCUT2D eigenvalue weighted by atomic mass is 10.1. The lowest BCUT2D eigenvalue weighted by Crippen LogP contribution is -2.27. The molecule has 29 heavy (non-hydrogen) atoms. The first-order valence-electron chi connectivity index (χ1n) is 10.7. The number of imidazole rings is 1. The number of hydrogen-bond acceptors (Lipinski definition) is 5. The number of aromatic nitrogens is 4. The predicted molar refractivity (Wildman–Crippen MR) is 116 cm³/mol. The maximum atomic E-state index is 13.4. The van der Waals surface area contributed by atoms with E-state index < -0.39 is 0 Å². The van der Waals surface area contributed by atoms with Crippen LogP contribution < -0.4 is 16.7 Å². The van der Waals surface area contributed by atoms with Crippen LogP contribution in [-0.2, 0) is 13.1 Å². The van der Waals surface area contributed by atoms with Gasteiger partial charge in [-0.1, -0.05) is 50.5 Å². The molecule has 2 heterocycles. The lowest BCUT2D eigenvalue weighted by Gasteiger charge is -2.10. The van der Waals surface area contributed by atoms with Crippen LogP contribution in [-0.4, -0.2) is 25.6 Å². The van der Waals surface area contributed by atoms with Gasteiger partial charge in [-0.25, -0.2) is 9.78 Å². The van der Waals surface area contributed by atoms with Crippen molar-refractivity contribution in [3.8, 4) is 0 Å². The molecule has 0 saturated heterocycles. The Morgan fingerprint density at radius 3 is 2.59 bits per heavy atom. The van der Waals surface area contributed by atoms with Gasteiger partial charge in [0.1, 0.15) is 5.52 Å². The molecule has 0 unspecified atom stereocenters. The summed E-state index contributed by atoms with van der Waals surface area (Å²) < 4.78 is 3.71. The zero-order chi connectivity index (χ0) is 20.2. The van der Waals surface area contributed by atoms with Crippen molar-refractivity contribution in [2.75, 3.05) is 11.9 Å². The van der Waals surface area contributed by atoms with Crippen LogP contribution >= 0.6 is 0 Å². The third-order valence-corrected chi connectivity index (χ3v) is 5.80. The predicted octanol–water partition coefficient (Wildman–Crippen LogP) is 3.43. The molecule has 2 aromatic heterocycles. The van der Waals surface area contributed by atoms with Gasteiger partial charge in [-0.05, 0) is 30.4 Å². The molecular weight excluding hydrogens is 364 g/mol. The van der Waals surface area contributed by atoms with E-state index in [-0.39, 0.29) is 11.7 Å². The summed E-state index contributed by atoms with van der Waals surface area (Å²) in [6.45, 7) is 3.99. The molecule has 7 nitrogen and oxygen atoms in total. The fourth-order valence-electron chi connectivity index (χ4n) is 4.14. The second-order valence-corrected chi connectivity index (χ2v) is 7.88. The number of fused-ring (bicyclic) bond motifs is 1. The van der Waals surface area contributed by atoms with Gasteiger partial charge in [0.2, 0.25) is 5.95 Å². The van der Waals surface area contributed by atoms with E-state index in [0.717, 1.165) is 48.9 Å². The second-order valence-electron chi connectivity index (χ2n) is 7.88. The van der Waals surface area contributed by atoms with Gasteiger partial charge in [-0.3, -0.25) is 9.13 Å². The van der Waals surface area contributed by atoms with Crippen molar-refractivity contribution in [2.45, 2.75) is 64.6 Å². The molecule has 1 fully saturated rings. The Labute approximate surface area is 171 Å². The zero-order valence-corrected chi connectivity index (χ0v) is 17.1. The van der Waals surface area contributed by atoms with Crippen LogP contribution in [0.25, 0.3) is 11.2 Å². The SMILES string of the molecule is CCCCNc1ncc2c(n1)n(Cc1ccc(CN)cc1)c(=O)n2C1CCCC1. The Hall–Kier alpha value is -2.67.